The van der Waals surface area contributed by atoms with Crippen LogP contribution >= 0.6 is 12.4 Å². The first-order valence-corrected chi connectivity index (χ1v) is 7.85. The number of amides is 1. The fourth-order valence-electron chi connectivity index (χ4n) is 2.18. The molecule has 0 aliphatic heterocycles. The molecule has 7 heteroatoms. The molecule has 1 aromatic carbocycles. The predicted molar refractivity (Wildman–Crippen MR) is 94.9 cm³/mol. The zero-order valence-corrected chi connectivity index (χ0v) is 14.7. The lowest BCUT2D eigenvalue weighted by Gasteiger charge is -2.17. The van der Waals surface area contributed by atoms with E-state index in [0.29, 0.717) is 13.0 Å². The number of rotatable bonds is 7. The monoisotopic (exact) mass is 354 g/mol. The van der Waals surface area contributed by atoms with Crippen molar-refractivity contribution in [3.8, 4) is 5.69 Å². The Balaban J connectivity index is 0.00000288. The van der Waals surface area contributed by atoms with E-state index in [1.54, 1.807) is 16.8 Å². The van der Waals surface area contributed by atoms with E-state index in [-0.39, 0.29) is 30.0 Å². The number of aromatic nitrogens is 2. The second-order valence-electron chi connectivity index (χ2n) is 5.68. The van der Waals surface area contributed by atoms with E-state index in [0.717, 1.165) is 17.8 Å². The van der Waals surface area contributed by atoms with Gasteiger partial charge in [-0.1, -0.05) is 20.3 Å². The van der Waals surface area contributed by atoms with Gasteiger partial charge in [0.05, 0.1) is 17.4 Å². The quantitative estimate of drug-likeness (QED) is 0.802. The third kappa shape index (κ3) is 5.32. The molecule has 0 fully saturated rings. The van der Waals surface area contributed by atoms with Crippen molar-refractivity contribution in [3.05, 3.63) is 48.0 Å². The van der Waals surface area contributed by atoms with E-state index in [2.05, 4.69) is 10.4 Å². The Morgan fingerprint density at radius 2 is 2.00 bits per heavy atom. The second-order valence-corrected chi connectivity index (χ2v) is 5.68. The predicted octanol–water partition coefficient (Wildman–Crippen LogP) is 2.47. The first kappa shape index (κ1) is 20.1. The van der Waals surface area contributed by atoms with Crippen molar-refractivity contribution in [2.75, 3.05) is 6.54 Å². The summed E-state index contributed by atoms with van der Waals surface area (Å²) in [7, 11) is 0. The highest BCUT2D eigenvalue weighted by molar-refractivity contribution is 5.85. The van der Waals surface area contributed by atoms with Crippen molar-refractivity contribution in [3.63, 3.8) is 0 Å². The summed E-state index contributed by atoms with van der Waals surface area (Å²) in [6.45, 7) is 4.47. The van der Waals surface area contributed by atoms with Crippen LogP contribution in [0.4, 0.5) is 4.39 Å². The van der Waals surface area contributed by atoms with Gasteiger partial charge in [-0.15, -0.1) is 12.4 Å². The van der Waals surface area contributed by atoms with Gasteiger partial charge in [-0.2, -0.15) is 5.10 Å². The molecular formula is C17H24ClFN4O. The number of benzene rings is 1. The van der Waals surface area contributed by atoms with Crippen LogP contribution in [0.25, 0.3) is 5.69 Å². The normalized spacial score (nSPS) is 13.0. The maximum Gasteiger partial charge on any atom is 0.237 e. The molecule has 0 radical (unpaired) electrons. The van der Waals surface area contributed by atoms with Crippen LogP contribution in [0.3, 0.4) is 0 Å². The first-order valence-electron chi connectivity index (χ1n) is 7.85. The molecule has 0 bridgehead atoms. The molecule has 0 spiro atoms. The van der Waals surface area contributed by atoms with E-state index in [4.69, 9.17) is 5.73 Å². The number of nitrogens with zero attached hydrogens (tertiary/aromatic N) is 2. The summed E-state index contributed by atoms with van der Waals surface area (Å²) in [5, 5.41) is 7.25. The number of nitrogens with two attached hydrogens (primary N) is 1. The standard InChI is InChI=1S/C17H23FN4O.ClH/c1-3-12(2)16(19)17(23)20-10-8-14-9-11-22(21-14)15-6-4-13(18)5-7-15;/h4-7,9,11-12,16H,3,8,10,19H2,1-2H3,(H,20,23);1H. The van der Waals surface area contributed by atoms with Gasteiger partial charge in [0.25, 0.3) is 0 Å². The summed E-state index contributed by atoms with van der Waals surface area (Å²) < 4.78 is 14.6. The number of halogens is 2. The van der Waals surface area contributed by atoms with Crippen molar-refractivity contribution in [2.45, 2.75) is 32.7 Å². The number of hydrogen-bond acceptors (Lipinski definition) is 3. The van der Waals surface area contributed by atoms with Gasteiger partial charge in [-0.05, 0) is 36.2 Å². The Kier molecular flexibility index (Phi) is 7.88. The molecular weight excluding hydrogens is 331 g/mol. The zero-order valence-electron chi connectivity index (χ0n) is 13.9. The molecule has 1 heterocycles. The third-order valence-electron chi connectivity index (χ3n) is 3.98. The van der Waals surface area contributed by atoms with Gasteiger partial charge in [0.15, 0.2) is 0 Å². The largest absolute Gasteiger partial charge is 0.354 e. The van der Waals surface area contributed by atoms with E-state index < -0.39 is 6.04 Å². The first-order chi connectivity index (χ1) is 11.0. The summed E-state index contributed by atoms with van der Waals surface area (Å²) in [6, 6.07) is 7.53. The highest BCUT2D eigenvalue weighted by atomic mass is 35.5. The Bertz CT molecular complexity index is 644. The maximum absolute atomic E-state index is 12.9. The average molecular weight is 355 g/mol. The van der Waals surface area contributed by atoms with Gasteiger partial charge in [-0.3, -0.25) is 4.79 Å². The summed E-state index contributed by atoms with van der Waals surface area (Å²) in [4.78, 5) is 11.9. The molecule has 1 aromatic heterocycles. The van der Waals surface area contributed by atoms with Crippen LogP contribution in [-0.2, 0) is 11.2 Å². The molecule has 0 saturated carbocycles. The number of carbonyl (C=O) groups excluding carboxylic acids is 1. The summed E-state index contributed by atoms with van der Waals surface area (Å²) in [5.41, 5.74) is 7.53. The minimum atomic E-state index is -0.475. The molecule has 2 rings (SSSR count). The minimum absolute atomic E-state index is 0. The highest BCUT2D eigenvalue weighted by Crippen LogP contribution is 2.09. The van der Waals surface area contributed by atoms with Crippen molar-refractivity contribution in [2.24, 2.45) is 11.7 Å². The SMILES string of the molecule is CCC(C)C(N)C(=O)NCCc1ccn(-c2ccc(F)cc2)n1.Cl. The van der Waals surface area contributed by atoms with Gasteiger partial charge in [-0.25, -0.2) is 9.07 Å². The number of hydrogen-bond donors (Lipinski definition) is 2. The summed E-state index contributed by atoms with van der Waals surface area (Å²) >= 11 is 0. The smallest absolute Gasteiger partial charge is 0.237 e. The Morgan fingerprint density at radius 1 is 1.33 bits per heavy atom. The number of nitrogens with one attached hydrogen (secondary N) is 1. The topological polar surface area (TPSA) is 72.9 Å². The van der Waals surface area contributed by atoms with E-state index in [9.17, 15) is 9.18 Å². The van der Waals surface area contributed by atoms with Gasteiger partial charge in [0.2, 0.25) is 5.91 Å². The van der Waals surface area contributed by atoms with Crippen molar-refractivity contribution >= 4 is 18.3 Å². The minimum Gasteiger partial charge on any atom is -0.354 e. The van der Waals surface area contributed by atoms with Crippen molar-refractivity contribution < 1.29 is 9.18 Å². The van der Waals surface area contributed by atoms with Crippen LogP contribution in [0.15, 0.2) is 36.5 Å². The van der Waals surface area contributed by atoms with Crippen molar-refractivity contribution in [1.29, 1.82) is 0 Å². The van der Waals surface area contributed by atoms with Crippen molar-refractivity contribution in [1.82, 2.24) is 15.1 Å². The summed E-state index contributed by atoms with van der Waals surface area (Å²) in [6.07, 6.45) is 3.30. The Morgan fingerprint density at radius 3 is 2.62 bits per heavy atom. The van der Waals surface area contributed by atoms with Crippen LogP contribution in [0.2, 0.25) is 0 Å². The zero-order chi connectivity index (χ0) is 16.8. The average Bonchev–Trinajstić information content (AvgIpc) is 3.02. The molecule has 24 heavy (non-hydrogen) atoms. The van der Waals surface area contributed by atoms with E-state index in [1.165, 1.54) is 12.1 Å². The highest BCUT2D eigenvalue weighted by Gasteiger charge is 2.18. The molecule has 5 nitrogen and oxygen atoms in total. The molecule has 2 aromatic rings. The maximum atomic E-state index is 12.9. The van der Waals surface area contributed by atoms with Crippen LogP contribution < -0.4 is 11.1 Å². The van der Waals surface area contributed by atoms with Gasteiger partial charge in [0, 0.05) is 19.2 Å². The van der Waals surface area contributed by atoms with Gasteiger partial charge >= 0.3 is 0 Å². The molecule has 2 unspecified atom stereocenters. The Hall–Kier alpha value is -1.92. The third-order valence-corrected chi connectivity index (χ3v) is 3.98. The van der Waals surface area contributed by atoms with Gasteiger partial charge < -0.3 is 11.1 Å². The number of carbonyl (C=O) groups is 1. The summed E-state index contributed by atoms with van der Waals surface area (Å²) in [5.74, 6) is -0.244. The fraction of sp³-hybridized carbons (Fsp3) is 0.412. The van der Waals surface area contributed by atoms with Crippen LogP contribution in [0.1, 0.15) is 26.0 Å². The lowest BCUT2D eigenvalue weighted by atomic mass is 9.99. The fourth-order valence-corrected chi connectivity index (χ4v) is 2.18. The molecule has 1 amide bonds. The molecule has 0 saturated heterocycles. The lowest BCUT2D eigenvalue weighted by Crippen LogP contribution is -2.45. The molecule has 0 aliphatic rings. The second kappa shape index (κ2) is 9.39. The van der Waals surface area contributed by atoms with Gasteiger partial charge in [0.1, 0.15) is 5.82 Å². The van der Waals surface area contributed by atoms with Crippen LogP contribution in [-0.4, -0.2) is 28.3 Å². The van der Waals surface area contributed by atoms with Crippen LogP contribution in [0, 0.1) is 11.7 Å². The van der Waals surface area contributed by atoms with Crippen LogP contribution in [0.5, 0.6) is 0 Å². The van der Waals surface area contributed by atoms with E-state index in [1.807, 2.05) is 26.1 Å². The Labute approximate surface area is 147 Å². The molecule has 0 aliphatic carbocycles. The molecule has 3 N–H and O–H groups in total. The molecule has 2 atom stereocenters. The molecule has 132 valence electrons. The van der Waals surface area contributed by atoms with E-state index >= 15 is 0 Å². The lowest BCUT2D eigenvalue weighted by molar-refractivity contribution is -0.123.